The van der Waals surface area contributed by atoms with Gasteiger partial charge in [-0.1, -0.05) is 0 Å². The maximum atomic E-state index is 11.1. The first-order valence-electron chi connectivity index (χ1n) is 2.12. The largest absolute Gasteiger partial charge is 0.481 e. The van der Waals surface area contributed by atoms with Crippen LogP contribution < -0.4 is 0 Å². The summed E-state index contributed by atoms with van der Waals surface area (Å²) in [6, 6.07) is 0. The fourth-order valence-corrected chi connectivity index (χ4v) is 0. The zero-order valence-electron chi connectivity index (χ0n) is 5.07. The summed E-state index contributed by atoms with van der Waals surface area (Å²) in [4.78, 5) is 9.00. The van der Waals surface area contributed by atoms with Gasteiger partial charge in [0.15, 0.2) is 0 Å². The van der Waals surface area contributed by atoms with E-state index >= 15 is 0 Å². The highest BCUT2D eigenvalue weighted by atomic mass is 35.5. The van der Waals surface area contributed by atoms with Crippen molar-refractivity contribution in [2.75, 3.05) is 5.88 Å². The molecule has 0 amide bonds. The van der Waals surface area contributed by atoms with E-state index in [9.17, 15) is 8.78 Å². The predicted molar refractivity (Wildman–Crippen MR) is 34.8 cm³/mol. The highest BCUT2D eigenvalue weighted by molar-refractivity contribution is 6.28. The van der Waals surface area contributed by atoms with Gasteiger partial charge in [-0.2, -0.15) is 8.78 Å². The minimum absolute atomic E-state index is 0.825. The summed E-state index contributed by atoms with van der Waals surface area (Å²) < 4.78 is 22.2. The first kappa shape index (κ1) is 12.6. The Morgan fingerprint density at radius 2 is 1.80 bits per heavy atom. The monoisotopic (exact) mass is 194 g/mol. The zero-order valence-corrected chi connectivity index (χ0v) is 6.59. The summed E-state index contributed by atoms with van der Waals surface area (Å²) in [6.45, 7) is 1.08. The van der Waals surface area contributed by atoms with Gasteiger partial charge in [0, 0.05) is 6.92 Å². The Morgan fingerprint density at radius 1 is 1.70 bits per heavy atom. The molecule has 1 N–H and O–H groups in total. The molecule has 0 atom stereocenters. The van der Waals surface area contributed by atoms with E-state index in [0.29, 0.717) is 0 Å². The Hall–Kier alpha value is -0.0900. The second-order valence-electron chi connectivity index (χ2n) is 1.27. The second kappa shape index (κ2) is 5.68. The van der Waals surface area contributed by atoms with Crippen LogP contribution in [-0.4, -0.2) is 22.3 Å². The summed E-state index contributed by atoms with van der Waals surface area (Å²) in [5, 5.41) is 4.20. The lowest BCUT2D eigenvalue weighted by molar-refractivity contribution is -0.134. The summed E-state index contributed by atoms with van der Waals surface area (Å²) in [5.41, 5.74) is 0. The third-order valence-corrected chi connectivity index (χ3v) is 0.758. The molecule has 0 bridgehead atoms. The van der Waals surface area contributed by atoms with E-state index < -0.39 is 17.2 Å². The standard InChI is InChI=1S/C2H2Cl2F2.C2H4O2/c3-1-2(4,5)6;1-2(3)4/h1H2;1H3,(H,3,4). The van der Waals surface area contributed by atoms with Crippen molar-refractivity contribution >= 4 is 29.2 Å². The lowest BCUT2D eigenvalue weighted by atomic mass is 10.8. The number of carboxylic acid groups (broad SMARTS) is 1. The third kappa shape index (κ3) is 44.6. The number of rotatable bonds is 1. The van der Waals surface area contributed by atoms with Gasteiger partial charge in [0.25, 0.3) is 5.97 Å². The lowest BCUT2D eigenvalue weighted by Crippen LogP contribution is -2.05. The van der Waals surface area contributed by atoms with Crippen LogP contribution in [0.5, 0.6) is 0 Å². The van der Waals surface area contributed by atoms with Crippen molar-refractivity contribution in [1.82, 2.24) is 0 Å². The molecule has 0 heterocycles. The zero-order chi connectivity index (χ0) is 8.78. The van der Waals surface area contributed by atoms with Crippen LogP contribution in [0.2, 0.25) is 0 Å². The minimum Gasteiger partial charge on any atom is -0.481 e. The Kier molecular flexibility index (Phi) is 7.14. The van der Waals surface area contributed by atoms with Gasteiger partial charge in [0.2, 0.25) is 0 Å². The van der Waals surface area contributed by atoms with E-state index in [4.69, 9.17) is 9.90 Å². The van der Waals surface area contributed by atoms with Gasteiger partial charge in [0.05, 0.1) is 0 Å². The van der Waals surface area contributed by atoms with Crippen LogP contribution in [0.4, 0.5) is 8.78 Å². The molecule has 0 aromatic carbocycles. The topological polar surface area (TPSA) is 37.3 Å². The van der Waals surface area contributed by atoms with E-state index in [2.05, 4.69) is 23.2 Å². The van der Waals surface area contributed by atoms with Crippen molar-refractivity contribution < 1.29 is 18.7 Å². The van der Waals surface area contributed by atoms with Crippen LogP contribution in [-0.2, 0) is 4.79 Å². The minimum atomic E-state index is -3.22. The maximum absolute atomic E-state index is 11.1. The Morgan fingerprint density at radius 3 is 1.80 bits per heavy atom. The average Bonchev–Trinajstić information content (AvgIpc) is 1.63. The van der Waals surface area contributed by atoms with Crippen molar-refractivity contribution in [1.29, 1.82) is 0 Å². The molecule has 0 aliphatic heterocycles. The molecule has 62 valence electrons. The molecule has 0 spiro atoms. The highest BCUT2D eigenvalue weighted by Crippen LogP contribution is 2.18. The van der Waals surface area contributed by atoms with Crippen molar-refractivity contribution in [2.24, 2.45) is 0 Å². The molecule has 0 saturated carbocycles. The van der Waals surface area contributed by atoms with Crippen molar-refractivity contribution in [2.45, 2.75) is 12.3 Å². The summed E-state index contributed by atoms with van der Waals surface area (Å²) in [6.07, 6.45) is 0. The molecule has 6 heteroatoms. The molecule has 0 aliphatic carbocycles. The molecular weight excluding hydrogens is 189 g/mol. The molecule has 0 rings (SSSR count). The molecule has 0 aromatic heterocycles. The molecule has 2 nitrogen and oxygen atoms in total. The molecule has 0 unspecified atom stereocenters. The normalized spacial score (nSPS) is 9.70. The van der Waals surface area contributed by atoms with Gasteiger partial charge in [-0.05, 0) is 11.6 Å². The Bertz CT molecular complexity index is 97.9. The fourth-order valence-electron chi connectivity index (χ4n) is 0. The third-order valence-electron chi connectivity index (χ3n) is 0.152. The smallest absolute Gasteiger partial charge is 0.335 e. The molecule has 10 heavy (non-hydrogen) atoms. The number of carbonyl (C=O) groups is 1. The van der Waals surface area contributed by atoms with E-state index in [0.717, 1.165) is 6.92 Å². The Balaban J connectivity index is 0. The molecule has 0 saturated heterocycles. The van der Waals surface area contributed by atoms with Gasteiger partial charge >= 0.3 is 5.38 Å². The van der Waals surface area contributed by atoms with Crippen LogP contribution in [0.3, 0.4) is 0 Å². The first-order valence-corrected chi connectivity index (χ1v) is 3.03. The maximum Gasteiger partial charge on any atom is 0.335 e. The number of hydrogen-bond acceptors (Lipinski definition) is 1. The van der Waals surface area contributed by atoms with Crippen molar-refractivity contribution in [3.05, 3.63) is 0 Å². The number of hydrogen-bond donors (Lipinski definition) is 1. The van der Waals surface area contributed by atoms with Crippen LogP contribution in [0.15, 0.2) is 0 Å². The predicted octanol–water partition coefficient (Wildman–Crippen LogP) is 2.15. The van der Waals surface area contributed by atoms with E-state index in [-0.39, 0.29) is 0 Å². The number of halogens is 4. The van der Waals surface area contributed by atoms with Gasteiger partial charge in [-0.25, -0.2) is 0 Å². The highest BCUT2D eigenvalue weighted by Gasteiger charge is 2.21. The summed E-state index contributed by atoms with van der Waals surface area (Å²) >= 11 is 8.85. The number of aliphatic carboxylic acids is 1. The van der Waals surface area contributed by atoms with E-state index in [1.54, 1.807) is 0 Å². The quantitative estimate of drug-likeness (QED) is 0.650. The number of alkyl halides is 4. The van der Waals surface area contributed by atoms with E-state index in [1.807, 2.05) is 0 Å². The van der Waals surface area contributed by atoms with Gasteiger partial charge in [-0.3, -0.25) is 4.79 Å². The van der Waals surface area contributed by atoms with Gasteiger partial charge < -0.3 is 5.11 Å². The van der Waals surface area contributed by atoms with Crippen molar-refractivity contribution in [3.63, 3.8) is 0 Å². The molecule has 0 aliphatic rings. The molecule has 0 fully saturated rings. The van der Waals surface area contributed by atoms with E-state index in [1.165, 1.54) is 0 Å². The van der Waals surface area contributed by atoms with Crippen LogP contribution in [0.1, 0.15) is 6.92 Å². The first-order chi connectivity index (χ1) is 4.29. The van der Waals surface area contributed by atoms with Gasteiger partial charge in [0.1, 0.15) is 5.88 Å². The summed E-state index contributed by atoms with van der Waals surface area (Å²) in [5.74, 6) is -1.66. The molecule has 0 radical (unpaired) electrons. The van der Waals surface area contributed by atoms with Crippen LogP contribution in [0, 0.1) is 0 Å². The molecular formula is C4H6Cl2F2O2. The lowest BCUT2D eigenvalue weighted by Gasteiger charge is -1.96. The van der Waals surface area contributed by atoms with Crippen molar-refractivity contribution in [3.8, 4) is 0 Å². The Labute approximate surface area is 66.7 Å². The molecule has 0 aromatic rings. The van der Waals surface area contributed by atoms with Crippen LogP contribution >= 0.6 is 23.2 Å². The summed E-state index contributed by atoms with van der Waals surface area (Å²) in [7, 11) is 0. The number of carboxylic acids is 1. The van der Waals surface area contributed by atoms with Crippen LogP contribution in [0.25, 0.3) is 0 Å². The van der Waals surface area contributed by atoms with Gasteiger partial charge in [-0.15, -0.1) is 11.6 Å². The second-order valence-corrected chi connectivity index (χ2v) is 2.09. The fraction of sp³-hybridized carbons (Fsp3) is 0.750. The average molecular weight is 195 g/mol. The SMILES string of the molecule is CC(=O)O.FC(F)(Cl)CCl.